The van der Waals surface area contributed by atoms with Crippen molar-refractivity contribution in [2.45, 2.75) is 103 Å². The van der Waals surface area contributed by atoms with E-state index in [4.69, 9.17) is 0 Å². The van der Waals surface area contributed by atoms with E-state index in [9.17, 15) is 18.4 Å². The molecule has 0 saturated heterocycles. The summed E-state index contributed by atoms with van der Waals surface area (Å²) in [5.74, 6) is -3.08. The highest BCUT2D eigenvalue weighted by Crippen LogP contribution is 2.20. The lowest BCUT2D eigenvalue weighted by molar-refractivity contribution is -0.122. The Labute approximate surface area is 168 Å². The molecule has 0 aromatic rings. The second-order valence-corrected chi connectivity index (χ2v) is 7.54. The molecule has 1 aliphatic carbocycles. The molecule has 160 valence electrons. The van der Waals surface area contributed by atoms with Crippen molar-refractivity contribution in [1.82, 2.24) is 10.6 Å². The van der Waals surface area contributed by atoms with Crippen molar-refractivity contribution in [3.63, 3.8) is 0 Å². The van der Waals surface area contributed by atoms with Gasteiger partial charge in [-0.15, -0.1) is 0 Å². The molecule has 0 aliphatic heterocycles. The molecule has 0 aromatic carbocycles. The summed E-state index contributed by atoms with van der Waals surface area (Å²) >= 11 is 0. The minimum Gasteiger partial charge on any atom is -0.345 e. The van der Waals surface area contributed by atoms with E-state index < -0.39 is 23.5 Å². The summed E-state index contributed by atoms with van der Waals surface area (Å²) in [5.41, 5.74) is 0. The van der Waals surface area contributed by atoms with Crippen molar-refractivity contribution in [3.05, 3.63) is 23.8 Å². The quantitative estimate of drug-likeness (QED) is 0.322. The lowest BCUT2D eigenvalue weighted by Gasteiger charge is -2.21. The molecular formula is C22H36F2N2O2. The second-order valence-electron chi connectivity index (χ2n) is 7.54. The van der Waals surface area contributed by atoms with Crippen LogP contribution in [0.1, 0.15) is 90.9 Å². The van der Waals surface area contributed by atoms with Crippen LogP contribution in [0.5, 0.6) is 0 Å². The molecule has 0 heterocycles. The molecular weight excluding hydrogens is 362 g/mol. The molecule has 1 fully saturated rings. The fourth-order valence-corrected chi connectivity index (χ4v) is 3.39. The van der Waals surface area contributed by atoms with Gasteiger partial charge in [-0.2, -0.15) is 0 Å². The number of amides is 2. The maximum atomic E-state index is 14.0. The summed E-state index contributed by atoms with van der Waals surface area (Å²) in [7, 11) is 0. The highest BCUT2D eigenvalue weighted by Gasteiger charge is 2.31. The number of hydrogen-bond donors (Lipinski definition) is 2. The van der Waals surface area contributed by atoms with Crippen LogP contribution in [-0.4, -0.2) is 23.9 Å². The molecule has 2 N–H and O–H groups in total. The molecule has 1 rings (SSSR count). The van der Waals surface area contributed by atoms with E-state index in [1.165, 1.54) is 12.2 Å². The van der Waals surface area contributed by atoms with Gasteiger partial charge < -0.3 is 10.6 Å². The Morgan fingerprint density at radius 1 is 0.786 bits per heavy atom. The highest BCUT2D eigenvalue weighted by molar-refractivity contribution is 5.92. The largest absolute Gasteiger partial charge is 0.345 e. The van der Waals surface area contributed by atoms with Crippen molar-refractivity contribution >= 4 is 11.8 Å². The van der Waals surface area contributed by atoms with Gasteiger partial charge in [-0.25, -0.2) is 8.78 Å². The lowest BCUT2D eigenvalue weighted by atomic mass is 10.1. The molecule has 2 amide bonds. The number of hydrogen-bond acceptors (Lipinski definition) is 2. The Morgan fingerprint density at radius 2 is 1.21 bits per heavy atom. The highest BCUT2D eigenvalue weighted by atomic mass is 19.1. The summed E-state index contributed by atoms with van der Waals surface area (Å²) in [6.45, 7) is 4.17. The molecule has 4 nitrogen and oxygen atoms in total. The van der Waals surface area contributed by atoms with E-state index in [1.54, 1.807) is 0 Å². The van der Waals surface area contributed by atoms with Gasteiger partial charge in [-0.05, 0) is 57.1 Å². The van der Waals surface area contributed by atoms with Crippen molar-refractivity contribution in [2.75, 3.05) is 0 Å². The van der Waals surface area contributed by atoms with E-state index in [1.807, 2.05) is 0 Å². The van der Waals surface area contributed by atoms with E-state index >= 15 is 0 Å². The van der Waals surface area contributed by atoms with Crippen LogP contribution in [0.15, 0.2) is 23.8 Å². The number of carbonyl (C=O) groups is 2. The number of carbonyl (C=O) groups excluding carboxylic acids is 2. The summed E-state index contributed by atoms with van der Waals surface area (Å²) in [5, 5.41) is 5.29. The normalized spacial score (nSPS) is 20.3. The van der Waals surface area contributed by atoms with Gasteiger partial charge in [0.15, 0.2) is 11.7 Å². The Bertz CT molecular complexity index is 547. The Kier molecular flexibility index (Phi) is 12.4. The summed E-state index contributed by atoms with van der Waals surface area (Å²) in [4.78, 5) is 24.0. The van der Waals surface area contributed by atoms with Gasteiger partial charge in [0.05, 0.1) is 0 Å². The first kappa shape index (κ1) is 24.3. The van der Waals surface area contributed by atoms with Gasteiger partial charge in [0.1, 0.15) is 0 Å². The van der Waals surface area contributed by atoms with Gasteiger partial charge in [-0.3, -0.25) is 9.59 Å². The molecule has 2 unspecified atom stereocenters. The van der Waals surface area contributed by atoms with Gasteiger partial charge >= 0.3 is 0 Å². The number of rotatable bonds is 13. The van der Waals surface area contributed by atoms with Crippen LogP contribution in [0.3, 0.4) is 0 Å². The maximum absolute atomic E-state index is 14.0. The van der Waals surface area contributed by atoms with Gasteiger partial charge in [0.2, 0.25) is 0 Å². The fraction of sp³-hybridized carbons (Fsp3) is 0.727. The third kappa shape index (κ3) is 9.47. The smallest absolute Gasteiger partial charge is 0.279 e. The van der Waals surface area contributed by atoms with Crippen LogP contribution in [0.25, 0.3) is 0 Å². The summed E-state index contributed by atoms with van der Waals surface area (Å²) in [6.07, 6.45) is 12.8. The first-order valence-electron chi connectivity index (χ1n) is 10.8. The number of halogens is 2. The SMILES string of the molecule is CCCCCC=C(F)C(=O)NC1CCCC1NC(=O)C(F)=CCCCCCC. The van der Waals surface area contributed by atoms with Crippen LogP contribution in [0, 0.1) is 0 Å². The summed E-state index contributed by atoms with van der Waals surface area (Å²) < 4.78 is 27.9. The van der Waals surface area contributed by atoms with Crippen molar-refractivity contribution in [3.8, 4) is 0 Å². The molecule has 1 saturated carbocycles. The maximum Gasteiger partial charge on any atom is 0.279 e. The first-order valence-corrected chi connectivity index (χ1v) is 10.8. The Hall–Kier alpha value is -1.72. The minimum absolute atomic E-state index is 0.372. The van der Waals surface area contributed by atoms with Gasteiger partial charge in [-0.1, -0.05) is 46.0 Å². The van der Waals surface area contributed by atoms with Crippen LogP contribution < -0.4 is 10.6 Å². The van der Waals surface area contributed by atoms with Crippen molar-refractivity contribution < 1.29 is 18.4 Å². The van der Waals surface area contributed by atoms with Crippen molar-refractivity contribution in [2.24, 2.45) is 0 Å². The third-order valence-electron chi connectivity index (χ3n) is 5.10. The van der Waals surface area contributed by atoms with Crippen molar-refractivity contribution in [1.29, 1.82) is 0 Å². The predicted molar refractivity (Wildman–Crippen MR) is 109 cm³/mol. The monoisotopic (exact) mass is 398 g/mol. The molecule has 28 heavy (non-hydrogen) atoms. The Balaban J connectivity index is 2.45. The average molecular weight is 399 g/mol. The van der Waals surface area contributed by atoms with E-state index in [0.29, 0.717) is 25.7 Å². The average Bonchev–Trinajstić information content (AvgIpc) is 3.11. The van der Waals surface area contributed by atoms with Crippen LogP contribution >= 0.6 is 0 Å². The second kappa shape index (κ2) is 14.3. The predicted octanol–water partition coefficient (Wildman–Crippen LogP) is 5.40. The zero-order valence-corrected chi connectivity index (χ0v) is 17.4. The van der Waals surface area contributed by atoms with Gasteiger partial charge in [0, 0.05) is 12.1 Å². The molecule has 0 spiro atoms. The molecule has 0 bridgehead atoms. The molecule has 0 aromatic heterocycles. The summed E-state index contributed by atoms with van der Waals surface area (Å²) in [6, 6.07) is -0.743. The molecule has 0 radical (unpaired) electrons. The van der Waals surface area contributed by atoms with Crippen LogP contribution in [0.4, 0.5) is 8.78 Å². The van der Waals surface area contributed by atoms with E-state index in [2.05, 4.69) is 24.5 Å². The molecule has 1 aliphatic rings. The van der Waals surface area contributed by atoms with E-state index in [-0.39, 0.29) is 12.1 Å². The number of unbranched alkanes of at least 4 members (excludes halogenated alkanes) is 7. The zero-order valence-electron chi connectivity index (χ0n) is 17.4. The van der Waals surface area contributed by atoms with E-state index in [0.717, 1.165) is 51.4 Å². The molecule has 2 atom stereocenters. The van der Waals surface area contributed by atoms with Crippen LogP contribution in [-0.2, 0) is 9.59 Å². The van der Waals surface area contributed by atoms with Gasteiger partial charge in [0.25, 0.3) is 11.8 Å². The third-order valence-corrected chi connectivity index (χ3v) is 5.10. The lowest BCUT2D eigenvalue weighted by Crippen LogP contribution is -2.48. The number of allylic oxidation sites excluding steroid dienone is 2. The zero-order chi connectivity index (χ0) is 20.8. The standard InChI is InChI=1S/C22H36F2N2O2/c1-3-5-7-9-11-14-18(24)22(28)26-20-16-12-15-19(20)25-21(27)17(23)13-10-8-6-4-2/h13-14,19-20H,3-12,15-16H2,1-2H3,(H,25,27)(H,26,28). The Morgan fingerprint density at radius 3 is 1.68 bits per heavy atom. The number of nitrogens with one attached hydrogen (secondary N) is 2. The first-order chi connectivity index (χ1) is 13.5. The minimum atomic E-state index is -0.786. The molecule has 6 heteroatoms. The topological polar surface area (TPSA) is 58.2 Å². The fourth-order valence-electron chi connectivity index (χ4n) is 3.39. The van der Waals surface area contributed by atoms with Crippen LogP contribution in [0.2, 0.25) is 0 Å².